The van der Waals surface area contributed by atoms with Crippen LogP contribution in [0.25, 0.3) is 11.1 Å². The van der Waals surface area contributed by atoms with Gasteiger partial charge in [0.2, 0.25) is 0 Å². The van der Waals surface area contributed by atoms with Gasteiger partial charge in [0.15, 0.2) is 0 Å². The molecule has 1 fully saturated rings. The standard InChI is InChI=1S/C34H39N3O3.ClH/c1-40-33-30-7-3-2-6-25(30)12-15-31(33)27-16-20-37(21-17-27)19-5-4-18-36-34(39)28-13-14-29(32(38)22-28)26-10-8-24(23-35)9-11-26;/h8-15,22,27,38H,2-7,16-21H2,1H3,(H,36,39);1H. The number of nitrogens with zero attached hydrogens (tertiary/aromatic N) is 2. The molecule has 3 aromatic rings. The van der Waals surface area contributed by atoms with Gasteiger partial charge in [-0.1, -0.05) is 24.3 Å². The van der Waals surface area contributed by atoms with Gasteiger partial charge in [-0.25, -0.2) is 0 Å². The summed E-state index contributed by atoms with van der Waals surface area (Å²) < 4.78 is 5.94. The molecule has 1 aliphatic heterocycles. The maximum atomic E-state index is 12.6. The number of likely N-dealkylation sites (tertiary alicyclic amines) is 1. The van der Waals surface area contributed by atoms with E-state index in [1.807, 2.05) is 7.11 Å². The third kappa shape index (κ3) is 7.22. The zero-order valence-electron chi connectivity index (χ0n) is 23.8. The van der Waals surface area contributed by atoms with E-state index in [1.165, 1.54) is 42.0 Å². The van der Waals surface area contributed by atoms with E-state index in [-0.39, 0.29) is 24.1 Å². The molecule has 2 N–H and O–H groups in total. The highest BCUT2D eigenvalue weighted by molar-refractivity contribution is 5.95. The first-order valence-corrected chi connectivity index (χ1v) is 14.6. The molecular weight excluding hydrogens is 534 g/mol. The summed E-state index contributed by atoms with van der Waals surface area (Å²) >= 11 is 0. The lowest BCUT2D eigenvalue weighted by molar-refractivity contribution is 0.0952. The van der Waals surface area contributed by atoms with Crippen molar-refractivity contribution in [1.29, 1.82) is 5.26 Å². The highest BCUT2D eigenvalue weighted by atomic mass is 35.5. The number of benzene rings is 3. The number of nitrogens with one attached hydrogen (secondary N) is 1. The number of aromatic hydroxyl groups is 1. The van der Waals surface area contributed by atoms with Gasteiger partial charge in [0, 0.05) is 17.7 Å². The van der Waals surface area contributed by atoms with Gasteiger partial charge < -0.3 is 20.1 Å². The molecule has 0 atom stereocenters. The Morgan fingerprint density at radius 3 is 2.51 bits per heavy atom. The third-order valence-electron chi connectivity index (χ3n) is 8.51. The second-order valence-electron chi connectivity index (χ2n) is 11.0. The van der Waals surface area contributed by atoms with E-state index < -0.39 is 0 Å². The van der Waals surface area contributed by atoms with E-state index in [0.717, 1.165) is 63.1 Å². The molecule has 2 aliphatic rings. The number of phenolic OH excluding ortho intramolecular Hbond substituents is 1. The minimum Gasteiger partial charge on any atom is -0.507 e. The van der Waals surface area contributed by atoms with Crippen molar-refractivity contribution in [3.63, 3.8) is 0 Å². The second kappa shape index (κ2) is 14.4. The fourth-order valence-electron chi connectivity index (χ4n) is 6.25. The van der Waals surface area contributed by atoms with Crippen LogP contribution in [0, 0.1) is 11.3 Å². The van der Waals surface area contributed by atoms with E-state index in [0.29, 0.717) is 29.2 Å². The maximum absolute atomic E-state index is 12.6. The number of carbonyl (C=O) groups excluding carboxylic acids is 1. The van der Waals surface area contributed by atoms with E-state index in [2.05, 4.69) is 28.4 Å². The molecule has 0 bridgehead atoms. The summed E-state index contributed by atoms with van der Waals surface area (Å²) in [7, 11) is 1.83. The minimum atomic E-state index is -0.179. The maximum Gasteiger partial charge on any atom is 0.251 e. The molecule has 0 saturated carbocycles. The molecule has 1 saturated heterocycles. The summed E-state index contributed by atoms with van der Waals surface area (Å²) in [6, 6.07) is 18.7. The van der Waals surface area contributed by atoms with Crippen LogP contribution in [0.4, 0.5) is 0 Å². The summed E-state index contributed by atoms with van der Waals surface area (Å²) in [6.07, 6.45) is 9.15. The zero-order valence-corrected chi connectivity index (χ0v) is 24.6. The molecular formula is C34H40ClN3O3. The lowest BCUT2D eigenvalue weighted by Crippen LogP contribution is -2.34. The fraction of sp³-hybridized carbons (Fsp3) is 0.412. The summed E-state index contributed by atoms with van der Waals surface area (Å²) in [4.78, 5) is 15.2. The Bertz CT molecular complexity index is 1380. The lowest BCUT2D eigenvalue weighted by Gasteiger charge is -2.33. The average molecular weight is 574 g/mol. The first-order chi connectivity index (χ1) is 19.6. The molecule has 0 spiro atoms. The van der Waals surface area contributed by atoms with Gasteiger partial charge in [-0.05, 0) is 130 Å². The summed E-state index contributed by atoms with van der Waals surface area (Å²) in [5.41, 5.74) is 6.77. The number of carbonyl (C=O) groups is 1. The van der Waals surface area contributed by atoms with Crippen LogP contribution in [0.1, 0.15) is 77.1 Å². The molecule has 5 rings (SSSR count). The summed E-state index contributed by atoms with van der Waals surface area (Å²) in [6.45, 7) is 3.86. The van der Waals surface area contributed by atoms with Crippen LogP contribution >= 0.6 is 12.4 Å². The number of aryl methyl sites for hydroxylation is 1. The Labute approximate surface area is 249 Å². The monoisotopic (exact) mass is 573 g/mol. The van der Waals surface area contributed by atoms with Crippen molar-refractivity contribution >= 4 is 18.3 Å². The van der Waals surface area contributed by atoms with E-state index >= 15 is 0 Å². The van der Waals surface area contributed by atoms with Crippen LogP contribution in [0.5, 0.6) is 11.5 Å². The number of unbranched alkanes of at least 4 members (excludes halogenated alkanes) is 1. The van der Waals surface area contributed by atoms with Gasteiger partial charge in [0.25, 0.3) is 5.91 Å². The predicted octanol–water partition coefficient (Wildman–Crippen LogP) is 6.63. The van der Waals surface area contributed by atoms with E-state index in [9.17, 15) is 9.90 Å². The number of hydrogen-bond acceptors (Lipinski definition) is 5. The highest BCUT2D eigenvalue weighted by Crippen LogP contribution is 2.40. The van der Waals surface area contributed by atoms with Crippen molar-refractivity contribution < 1.29 is 14.6 Å². The van der Waals surface area contributed by atoms with Gasteiger partial charge in [-0.2, -0.15) is 5.26 Å². The Kier molecular flexibility index (Phi) is 10.7. The van der Waals surface area contributed by atoms with Crippen LogP contribution < -0.4 is 10.1 Å². The SMILES string of the molecule is COc1c(C2CCN(CCCCNC(=O)c3ccc(-c4ccc(C#N)cc4)c(O)c3)CC2)ccc2c1CCCC2.Cl. The summed E-state index contributed by atoms with van der Waals surface area (Å²) in [5, 5.41) is 22.4. The van der Waals surface area contributed by atoms with Crippen LogP contribution in [-0.4, -0.2) is 49.2 Å². The largest absolute Gasteiger partial charge is 0.507 e. The molecule has 1 aliphatic carbocycles. The Balaban J connectivity index is 0.00000387. The smallest absolute Gasteiger partial charge is 0.251 e. The van der Waals surface area contributed by atoms with Gasteiger partial charge in [-0.3, -0.25) is 4.79 Å². The predicted molar refractivity (Wildman–Crippen MR) is 165 cm³/mol. The van der Waals surface area contributed by atoms with Crippen LogP contribution in [0.15, 0.2) is 54.6 Å². The molecule has 3 aromatic carbocycles. The third-order valence-corrected chi connectivity index (χ3v) is 8.51. The number of rotatable bonds is 9. The van der Waals surface area contributed by atoms with Gasteiger partial charge in [-0.15, -0.1) is 12.4 Å². The molecule has 0 unspecified atom stereocenters. The topological polar surface area (TPSA) is 85.6 Å². The molecule has 7 heteroatoms. The molecule has 0 aromatic heterocycles. The van der Waals surface area contributed by atoms with Crippen molar-refractivity contribution in [2.24, 2.45) is 0 Å². The molecule has 6 nitrogen and oxygen atoms in total. The molecule has 1 amide bonds. The Hall–Kier alpha value is -3.53. The number of fused-ring (bicyclic) bond motifs is 1. The van der Waals surface area contributed by atoms with Crippen molar-refractivity contribution in [1.82, 2.24) is 10.2 Å². The number of nitriles is 1. The molecule has 41 heavy (non-hydrogen) atoms. The number of phenols is 1. The average Bonchev–Trinajstić information content (AvgIpc) is 3.00. The van der Waals surface area contributed by atoms with Crippen molar-refractivity contribution in [2.45, 2.75) is 57.3 Å². The van der Waals surface area contributed by atoms with Gasteiger partial charge >= 0.3 is 0 Å². The zero-order chi connectivity index (χ0) is 27.9. The molecule has 0 radical (unpaired) electrons. The number of methoxy groups -OCH3 is 1. The number of halogens is 1. The lowest BCUT2D eigenvalue weighted by atomic mass is 9.83. The van der Waals surface area contributed by atoms with Crippen molar-refractivity contribution in [2.75, 3.05) is 33.3 Å². The van der Waals surface area contributed by atoms with Gasteiger partial charge in [0.1, 0.15) is 11.5 Å². The second-order valence-corrected chi connectivity index (χ2v) is 11.0. The molecule has 216 valence electrons. The van der Waals surface area contributed by atoms with Gasteiger partial charge in [0.05, 0.1) is 18.7 Å². The number of ether oxygens (including phenoxy) is 1. The van der Waals surface area contributed by atoms with Crippen molar-refractivity contribution in [3.8, 4) is 28.7 Å². The quantitative estimate of drug-likeness (QED) is 0.281. The number of amides is 1. The van der Waals surface area contributed by atoms with Crippen molar-refractivity contribution in [3.05, 3.63) is 82.4 Å². The van der Waals surface area contributed by atoms with E-state index in [4.69, 9.17) is 10.00 Å². The van der Waals surface area contributed by atoms with Crippen LogP contribution in [0.3, 0.4) is 0 Å². The highest BCUT2D eigenvalue weighted by Gasteiger charge is 2.26. The Morgan fingerprint density at radius 1 is 1.05 bits per heavy atom. The summed E-state index contributed by atoms with van der Waals surface area (Å²) in [5.74, 6) is 1.59. The number of hydrogen-bond donors (Lipinski definition) is 2. The molecule has 1 heterocycles. The minimum absolute atomic E-state index is 0. The fourth-order valence-corrected chi connectivity index (χ4v) is 6.25. The van der Waals surface area contributed by atoms with E-state index in [1.54, 1.807) is 36.4 Å². The van der Waals surface area contributed by atoms with Crippen LogP contribution in [-0.2, 0) is 12.8 Å². The first-order valence-electron chi connectivity index (χ1n) is 14.6. The first kappa shape index (κ1) is 30.4. The number of piperidine rings is 1. The van der Waals surface area contributed by atoms with Crippen LogP contribution in [0.2, 0.25) is 0 Å². The normalized spacial score (nSPS) is 15.3. The Morgan fingerprint density at radius 2 is 1.80 bits per heavy atom.